The molecule has 15 heteroatoms. The van der Waals surface area contributed by atoms with Crippen LogP contribution >= 0.6 is 0 Å². The van der Waals surface area contributed by atoms with Gasteiger partial charge < -0.3 is 10.0 Å². The molecule has 5 rings (SSSR count). The van der Waals surface area contributed by atoms with Crippen molar-refractivity contribution in [2.45, 2.75) is 24.6 Å². The average Bonchev–Trinajstić information content (AvgIpc) is 3.46. The van der Waals surface area contributed by atoms with Gasteiger partial charge in [-0.05, 0) is 25.0 Å². The van der Waals surface area contributed by atoms with Gasteiger partial charge in [-0.15, -0.1) is 0 Å². The molecule has 0 unspecified atom stereocenters. The highest BCUT2D eigenvalue weighted by Gasteiger charge is 2.54. The molecule has 2 aliphatic rings. The van der Waals surface area contributed by atoms with Gasteiger partial charge in [-0.2, -0.15) is 22.6 Å². The fourth-order valence-electron chi connectivity index (χ4n) is 4.66. The number of benzene rings is 1. The second-order valence-corrected chi connectivity index (χ2v) is 11.0. The van der Waals surface area contributed by atoms with Gasteiger partial charge in [0.05, 0.1) is 22.7 Å². The third-order valence-electron chi connectivity index (χ3n) is 6.66. The van der Waals surface area contributed by atoms with Gasteiger partial charge >= 0.3 is 6.18 Å². The molecule has 2 fully saturated rings. The minimum Gasteiger partial charge on any atom is -0.503 e. The van der Waals surface area contributed by atoms with E-state index in [0.717, 1.165) is 17.0 Å². The van der Waals surface area contributed by atoms with Gasteiger partial charge in [0.15, 0.2) is 34.7 Å². The van der Waals surface area contributed by atoms with Crippen molar-refractivity contribution in [3.05, 3.63) is 35.1 Å². The Morgan fingerprint density at radius 3 is 2.33 bits per heavy atom. The third-order valence-corrected chi connectivity index (χ3v) is 7.90. The number of nitrogens with zero attached hydrogens (tertiary/aromatic N) is 5. The lowest BCUT2D eigenvalue weighted by Gasteiger charge is -2.41. The maximum Gasteiger partial charge on any atom is 0.419 e. The second-order valence-electron chi connectivity index (χ2n) is 9.06. The van der Waals surface area contributed by atoms with Crippen LogP contribution < -0.4 is 4.90 Å². The average molecular weight is 535 g/mol. The number of piperazine rings is 1. The van der Waals surface area contributed by atoms with Crippen molar-refractivity contribution < 1.29 is 39.9 Å². The Balaban J connectivity index is 1.63. The zero-order valence-corrected chi connectivity index (χ0v) is 19.7. The normalized spacial score (nSPS) is 18.4. The first-order valence-corrected chi connectivity index (χ1v) is 12.5. The Bertz CT molecular complexity index is 1520. The highest BCUT2D eigenvalue weighted by atomic mass is 32.2. The number of halogens is 6. The van der Waals surface area contributed by atoms with E-state index >= 15 is 4.39 Å². The van der Waals surface area contributed by atoms with E-state index in [1.54, 1.807) is 4.90 Å². The van der Waals surface area contributed by atoms with E-state index in [1.165, 1.54) is 11.4 Å². The Hall–Kier alpha value is -3.07. The molecule has 3 heterocycles. The molecule has 3 aromatic rings. The zero-order valence-electron chi connectivity index (χ0n) is 18.9. The number of phenols is 1. The fourth-order valence-corrected chi connectivity index (χ4v) is 5.55. The molecule has 0 amide bonds. The molecule has 36 heavy (non-hydrogen) atoms. The number of alkyl halides is 3. The van der Waals surface area contributed by atoms with Crippen molar-refractivity contribution in [2.24, 2.45) is 7.05 Å². The Morgan fingerprint density at radius 2 is 1.75 bits per heavy atom. The number of hydrogen-bond acceptors (Lipinski definition) is 6. The van der Waals surface area contributed by atoms with Gasteiger partial charge in [0.25, 0.3) is 0 Å². The van der Waals surface area contributed by atoms with Crippen molar-refractivity contribution in [1.82, 2.24) is 19.1 Å². The standard InChI is InChI=1S/C21H19F6N5O3S/c1-30-18-11(16(29-30)10-7-12(21(25,26)27)15(24)17(33)14(10)23)8-13(22)19(28-18)32-6-5-31(36(2,34)35)9-20(32)3-4-20/h7-8,33H,3-6,9H2,1-2H3. The summed E-state index contributed by atoms with van der Waals surface area (Å²) in [6.07, 6.45) is -2.93. The predicted octanol–water partition coefficient (Wildman–Crippen LogP) is 3.39. The lowest BCUT2D eigenvalue weighted by molar-refractivity contribution is -0.140. The van der Waals surface area contributed by atoms with Gasteiger partial charge in [-0.1, -0.05) is 0 Å². The molecular formula is C21H19F6N5O3S. The van der Waals surface area contributed by atoms with Crippen molar-refractivity contribution in [3.8, 4) is 17.0 Å². The number of phenolic OH excluding ortho intramolecular Hbond substituents is 1. The van der Waals surface area contributed by atoms with Crippen molar-refractivity contribution in [2.75, 3.05) is 30.8 Å². The van der Waals surface area contributed by atoms with Crippen LogP contribution in [0.2, 0.25) is 0 Å². The third kappa shape index (κ3) is 3.75. The first kappa shape index (κ1) is 24.6. The summed E-state index contributed by atoms with van der Waals surface area (Å²) in [4.78, 5) is 5.98. The maximum absolute atomic E-state index is 15.4. The highest BCUT2D eigenvalue weighted by molar-refractivity contribution is 7.88. The summed E-state index contributed by atoms with van der Waals surface area (Å²) in [6, 6.07) is 1.10. The van der Waals surface area contributed by atoms with Gasteiger partial charge in [-0.25, -0.2) is 31.3 Å². The summed E-state index contributed by atoms with van der Waals surface area (Å²) in [7, 11) is -2.09. The summed E-state index contributed by atoms with van der Waals surface area (Å²) < 4.78 is 110. The van der Waals surface area contributed by atoms with Crippen LogP contribution in [-0.4, -0.2) is 64.0 Å². The summed E-state index contributed by atoms with van der Waals surface area (Å²) in [5.41, 5.74) is -3.88. The molecule has 1 aliphatic heterocycles. The number of aromatic hydroxyl groups is 1. The summed E-state index contributed by atoms with van der Waals surface area (Å²) in [5, 5.41) is 13.5. The molecule has 2 aromatic heterocycles. The van der Waals surface area contributed by atoms with Crippen LogP contribution in [0.25, 0.3) is 22.3 Å². The number of fused-ring (bicyclic) bond motifs is 1. The van der Waals surface area contributed by atoms with Crippen LogP contribution in [0.5, 0.6) is 5.75 Å². The molecule has 0 radical (unpaired) electrons. The van der Waals surface area contributed by atoms with Crippen LogP contribution in [-0.2, 0) is 23.2 Å². The van der Waals surface area contributed by atoms with E-state index in [9.17, 15) is 35.5 Å². The Labute approximate surface area is 200 Å². The number of aryl methyl sites for hydroxylation is 1. The summed E-state index contributed by atoms with van der Waals surface area (Å²) >= 11 is 0. The van der Waals surface area contributed by atoms with Crippen LogP contribution in [0, 0.1) is 17.5 Å². The van der Waals surface area contributed by atoms with E-state index in [-0.39, 0.29) is 42.6 Å². The lowest BCUT2D eigenvalue weighted by atomic mass is 10.0. The Morgan fingerprint density at radius 1 is 1.08 bits per heavy atom. The summed E-state index contributed by atoms with van der Waals surface area (Å²) in [5.74, 6) is -6.65. The van der Waals surface area contributed by atoms with Crippen molar-refractivity contribution >= 4 is 26.9 Å². The van der Waals surface area contributed by atoms with E-state index in [2.05, 4.69) is 10.1 Å². The molecule has 1 spiro atoms. The Kier molecular flexibility index (Phi) is 5.27. The molecule has 1 saturated heterocycles. The van der Waals surface area contributed by atoms with Crippen LogP contribution in [0.1, 0.15) is 18.4 Å². The molecule has 1 aromatic carbocycles. The number of sulfonamides is 1. The maximum atomic E-state index is 15.4. The minimum atomic E-state index is -5.24. The highest BCUT2D eigenvalue weighted by Crippen LogP contribution is 2.48. The number of hydrogen-bond donors (Lipinski definition) is 1. The summed E-state index contributed by atoms with van der Waals surface area (Å²) in [6.45, 7) is 0.418. The molecule has 1 saturated carbocycles. The molecule has 0 bridgehead atoms. The number of aromatic nitrogens is 3. The molecule has 0 atom stereocenters. The van der Waals surface area contributed by atoms with Gasteiger partial charge in [0.1, 0.15) is 5.69 Å². The van der Waals surface area contributed by atoms with Crippen LogP contribution in [0.3, 0.4) is 0 Å². The zero-order chi connectivity index (χ0) is 26.4. The predicted molar refractivity (Wildman–Crippen MR) is 116 cm³/mol. The molecule has 8 nitrogen and oxygen atoms in total. The fraction of sp³-hybridized carbons (Fsp3) is 0.429. The number of anilines is 1. The van der Waals surface area contributed by atoms with Crippen molar-refractivity contribution in [3.63, 3.8) is 0 Å². The second kappa shape index (κ2) is 7.71. The number of rotatable bonds is 3. The molecule has 194 valence electrons. The van der Waals surface area contributed by atoms with Crippen LogP contribution in [0.4, 0.5) is 32.2 Å². The van der Waals surface area contributed by atoms with Crippen LogP contribution in [0.15, 0.2) is 12.1 Å². The molecule has 1 N–H and O–H groups in total. The topological polar surface area (TPSA) is 91.6 Å². The van der Waals surface area contributed by atoms with Gasteiger partial charge in [0, 0.05) is 32.2 Å². The first-order chi connectivity index (χ1) is 16.6. The molecule has 1 aliphatic carbocycles. The largest absolute Gasteiger partial charge is 0.503 e. The van der Waals surface area contributed by atoms with Crippen molar-refractivity contribution in [1.29, 1.82) is 0 Å². The SMILES string of the molecule is Cn1nc(-c2cc(C(F)(F)F)c(F)c(O)c2F)c2cc(F)c(N3CCN(S(C)(=O)=O)CC34CC4)nc21. The number of pyridine rings is 1. The monoisotopic (exact) mass is 535 g/mol. The van der Waals surface area contributed by atoms with E-state index in [0.29, 0.717) is 12.8 Å². The van der Waals surface area contributed by atoms with Gasteiger partial charge in [-0.3, -0.25) is 0 Å². The van der Waals surface area contributed by atoms with E-state index in [4.69, 9.17) is 0 Å². The lowest BCUT2D eigenvalue weighted by Crippen LogP contribution is -2.56. The molecular weight excluding hydrogens is 516 g/mol. The minimum absolute atomic E-state index is 0.000448. The quantitative estimate of drug-likeness (QED) is 0.518. The van der Waals surface area contributed by atoms with Gasteiger partial charge in [0.2, 0.25) is 10.0 Å². The smallest absolute Gasteiger partial charge is 0.419 e. The van der Waals surface area contributed by atoms with E-state index < -0.39 is 61.8 Å². The van der Waals surface area contributed by atoms with E-state index in [1.807, 2.05) is 0 Å². The first-order valence-electron chi connectivity index (χ1n) is 10.7.